The van der Waals surface area contributed by atoms with Gasteiger partial charge in [0, 0.05) is 30.0 Å². The molecule has 1 heterocycles. The molecular formula is C25H24F3NO3. The predicted octanol–water partition coefficient (Wildman–Crippen LogP) is 5.50. The van der Waals surface area contributed by atoms with Crippen LogP contribution in [-0.4, -0.2) is 17.8 Å². The summed E-state index contributed by atoms with van der Waals surface area (Å²) in [6.07, 6.45) is -4.13. The van der Waals surface area contributed by atoms with Gasteiger partial charge in [0.1, 0.15) is 5.75 Å². The highest BCUT2D eigenvalue weighted by Gasteiger charge is 2.42. The maximum atomic E-state index is 13.6. The topological polar surface area (TPSA) is 55.4 Å². The van der Waals surface area contributed by atoms with E-state index in [0.29, 0.717) is 17.7 Å². The SMILES string of the molecule is CC(C)Oc1ccc(C2CC(=O)C3=C(C2)NC(=O)CC3c2ccccc2C(F)(F)F)cc1. The average Bonchev–Trinajstić information content (AvgIpc) is 2.72. The summed E-state index contributed by atoms with van der Waals surface area (Å²) in [6, 6.07) is 12.6. The van der Waals surface area contributed by atoms with Crippen LogP contribution in [0, 0.1) is 0 Å². The first-order valence-electron chi connectivity index (χ1n) is 10.6. The molecule has 2 unspecified atom stereocenters. The van der Waals surface area contributed by atoms with Gasteiger partial charge in [-0.2, -0.15) is 13.2 Å². The lowest BCUT2D eigenvalue weighted by Crippen LogP contribution is -2.38. The van der Waals surface area contributed by atoms with Crippen LogP contribution in [0.1, 0.15) is 61.6 Å². The van der Waals surface area contributed by atoms with Crippen molar-refractivity contribution in [1.82, 2.24) is 5.32 Å². The lowest BCUT2D eigenvalue weighted by atomic mass is 9.72. The van der Waals surface area contributed by atoms with Crippen molar-refractivity contribution in [3.8, 4) is 5.75 Å². The van der Waals surface area contributed by atoms with E-state index >= 15 is 0 Å². The summed E-state index contributed by atoms with van der Waals surface area (Å²) in [6.45, 7) is 3.86. The molecule has 4 nitrogen and oxygen atoms in total. The van der Waals surface area contributed by atoms with E-state index in [1.165, 1.54) is 18.2 Å². The third-order valence-corrected chi connectivity index (χ3v) is 5.90. The molecule has 2 aliphatic rings. The zero-order valence-electron chi connectivity index (χ0n) is 17.8. The molecule has 2 aromatic rings. The summed E-state index contributed by atoms with van der Waals surface area (Å²) >= 11 is 0. The minimum absolute atomic E-state index is 0.0238. The second kappa shape index (κ2) is 8.45. The van der Waals surface area contributed by atoms with Crippen molar-refractivity contribution in [3.05, 3.63) is 76.5 Å². The third kappa shape index (κ3) is 4.42. The van der Waals surface area contributed by atoms with Crippen molar-refractivity contribution in [1.29, 1.82) is 0 Å². The van der Waals surface area contributed by atoms with E-state index in [4.69, 9.17) is 4.74 Å². The standard InChI is InChI=1S/C25H24F3NO3/c1-14(2)32-17-9-7-15(8-10-17)16-11-21-24(22(30)12-16)19(13-23(31)29-21)18-5-3-4-6-20(18)25(26,27)28/h3-10,14,16,19H,11-13H2,1-2H3,(H,29,31). The summed E-state index contributed by atoms with van der Waals surface area (Å²) in [5.41, 5.74) is 0.837. The van der Waals surface area contributed by atoms with Crippen LogP contribution in [0.5, 0.6) is 5.75 Å². The number of rotatable bonds is 4. The molecule has 1 N–H and O–H groups in total. The zero-order valence-corrected chi connectivity index (χ0v) is 17.8. The summed E-state index contributed by atoms with van der Waals surface area (Å²) in [7, 11) is 0. The highest BCUT2D eigenvalue weighted by atomic mass is 19.4. The number of halogens is 3. The zero-order chi connectivity index (χ0) is 23.0. The largest absolute Gasteiger partial charge is 0.491 e. The minimum Gasteiger partial charge on any atom is -0.491 e. The Kier molecular flexibility index (Phi) is 5.84. The highest BCUT2D eigenvalue weighted by molar-refractivity contribution is 6.02. The van der Waals surface area contributed by atoms with E-state index in [2.05, 4.69) is 5.32 Å². The predicted molar refractivity (Wildman–Crippen MR) is 113 cm³/mol. The summed E-state index contributed by atoms with van der Waals surface area (Å²) in [5, 5.41) is 2.76. The van der Waals surface area contributed by atoms with Crippen LogP contribution < -0.4 is 10.1 Å². The van der Waals surface area contributed by atoms with E-state index in [9.17, 15) is 22.8 Å². The number of amides is 1. The van der Waals surface area contributed by atoms with Gasteiger partial charge in [0.2, 0.25) is 5.91 Å². The molecule has 1 amide bonds. The fraction of sp³-hybridized carbons (Fsp3) is 0.360. The molecule has 1 aliphatic heterocycles. The summed E-state index contributed by atoms with van der Waals surface area (Å²) in [4.78, 5) is 25.6. The minimum atomic E-state index is -4.56. The number of hydrogen-bond acceptors (Lipinski definition) is 3. The number of nitrogens with one attached hydrogen (secondary N) is 1. The van der Waals surface area contributed by atoms with E-state index < -0.39 is 17.7 Å². The monoisotopic (exact) mass is 443 g/mol. The lowest BCUT2D eigenvalue weighted by molar-refractivity contribution is -0.138. The Morgan fingerprint density at radius 3 is 2.31 bits per heavy atom. The number of allylic oxidation sites excluding steroid dienone is 2. The molecule has 0 radical (unpaired) electrons. The number of carbonyl (C=O) groups is 2. The quantitative estimate of drug-likeness (QED) is 0.679. The molecule has 0 aromatic heterocycles. The van der Waals surface area contributed by atoms with E-state index in [1.54, 1.807) is 0 Å². The third-order valence-electron chi connectivity index (χ3n) is 5.90. The Labute approximate surface area is 184 Å². The molecule has 2 aromatic carbocycles. The van der Waals surface area contributed by atoms with Crippen molar-refractivity contribution >= 4 is 11.7 Å². The first kappa shape index (κ1) is 22.1. The van der Waals surface area contributed by atoms with Gasteiger partial charge in [0.25, 0.3) is 0 Å². The van der Waals surface area contributed by atoms with Gasteiger partial charge in [0.05, 0.1) is 11.7 Å². The van der Waals surface area contributed by atoms with Crippen molar-refractivity contribution < 1.29 is 27.5 Å². The summed E-state index contributed by atoms with van der Waals surface area (Å²) in [5.74, 6) is -0.931. The molecule has 7 heteroatoms. The van der Waals surface area contributed by atoms with Gasteiger partial charge < -0.3 is 10.1 Å². The molecule has 4 rings (SSSR count). The van der Waals surface area contributed by atoms with Crippen LogP contribution in [-0.2, 0) is 15.8 Å². The van der Waals surface area contributed by atoms with Crippen LogP contribution in [0.2, 0.25) is 0 Å². The fourth-order valence-corrected chi connectivity index (χ4v) is 4.61. The summed E-state index contributed by atoms with van der Waals surface area (Å²) < 4.78 is 46.5. The number of alkyl halides is 3. The van der Waals surface area contributed by atoms with Crippen molar-refractivity contribution in [3.63, 3.8) is 0 Å². The van der Waals surface area contributed by atoms with Gasteiger partial charge in [0.15, 0.2) is 5.78 Å². The van der Waals surface area contributed by atoms with Gasteiger partial charge in [-0.15, -0.1) is 0 Å². The number of ketones is 1. The van der Waals surface area contributed by atoms with E-state index in [-0.39, 0.29) is 42.1 Å². The van der Waals surface area contributed by atoms with Gasteiger partial charge >= 0.3 is 6.18 Å². The van der Waals surface area contributed by atoms with E-state index in [0.717, 1.165) is 17.4 Å². The molecule has 0 spiro atoms. The average molecular weight is 443 g/mol. The van der Waals surface area contributed by atoms with Crippen LogP contribution in [0.4, 0.5) is 13.2 Å². The lowest BCUT2D eigenvalue weighted by Gasteiger charge is -2.35. The molecule has 0 fully saturated rings. The molecule has 1 aliphatic carbocycles. The molecule has 0 bridgehead atoms. The number of benzene rings is 2. The first-order chi connectivity index (χ1) is 15.1. The van der Waals surface area contributed by atoms with Crippen molar-refractivity contribution in [2.24, 2.45) is 0 Å². The maximum absolute atomic E-state index is 13.6. The maximum Gasteiger partial charge on any atom is 0.416 e. The number of ether oxygens (including phenoxy) is 1. The molecule has 32 heavy (non-hydrogen) atoms. The number of hydrogen-bond donors (Lipinski definition) is 1. The molecule has 0 saturated heterocycles. The second-order valence-electron chi connectivity index (χ2n) is 8.55. The molecule has 2 atom stereocenters. The van der Waals surface area contributed by atoms with Crippen molar-refractivity contribution in [2.45, 2.75) is 57.2 Å². The Bertz CT molecular complexity index is 1070. The first-order valence-corrected chi connectivity index (χ1v) is 10.6. The Balaban J connectivity index is 1.67. The molecule has 168 valence electrons. The van der Waals surface area contributed by atoms with Crippen LogP contribution in [0.15, 0.2) is 59.8 Å². The highest BCUT2D eigenvalue weighted by Crippen LogP contribution is 2.45. The number of Topliss-reactive ketones (excluding diaryl/α,β-unsaturated/α-hetero) is 1. The van der Waals surface area contributed by atoms with Gasteiger partial charge in [-0.1, -0.05) is 30.3 Å². The van der Waals surface area contributed by atoms with Crippen molar-refractivity contribution in [2.75, 3.05) is 0 Å². The molecular weight excluding hydrogens is 419 g/mol. The van der Waals surface area contributed by atoms with Gasteiger partial charge in [-0.3, -0.25) is 9.59 Å². The second-order valence-corrected chi connectivity index (χ2v) is 8.55. The van der Waals surface area contributed by atoms with Gasteiger partial charge in [-0.05, 0) is 55.5 Å². The normalized spacial score (nSPS) is 21.4. The van der Waals surface area contributed by atoms with Gasteiger partial charge in [-0.25, -0.2) is 0 Å². The van der Waals surface area contributed by atoms with Crippen LogP contribution >= 0.6 is 0 Å². The molecule has 0 saturated carbocycles. The Morgan fingerprint density at radius 2 is 1.66 bits per heavy atom. The number of carbonyl (C=O) groups excluding carboxylic acids is 2. The van der Waals surface area contributed by atoms with E-state index in [1.807, 2.05) is 38.1 Å². The Morgan fingerprint density at radius 1 is 0.969 bits per heavy atom. The van der Waals surface area contributed by atoms with Crippen LogP contribution in [0.25, 0.3) is 0 Å². The smallest absolute Gasteiger partial charge is 0.416 e. The Hall–Kier alpha value is -3.09. The fourth-order valence-electron chi connectivity index (χ4n) is 4.61. The van der Waals surface area contributed by atoms with Crippen LogP contribution in [0.3, 0.4) is 0 Å².